The van der Waals surface area contributed by atoms with Crippen molar-refractivity contribution in [1.82, 2.24) is 15.2 Å². The van der Waals surface area contributed by atoms with Crippen LogP contribution in [-0.2, 0) is 11.2 Å². The fourth-order valence-electron chi connectivity index (χ4n) is 4.66. The van der Waals surface area contributed by atoms with Crippen molar-refractivity contribution >= 4 is 23.4 Å². The van der Waals surface area contributed by atoms with E-state index < -0.39 is 29.0 Å². The van der Waals surface area contributed by atoms with Crippen molar-refractivity contribution < 1.29 is 22.8 Å². The van der Waals surface area contributed by atoms with Crippen LogP contribution in [0, 0.1) is 18.2 Å². The molecule has 3 rings (SSSR count). The molecule has 1 fully saturated rings. The molecule has 1 aromatic carbocycles. The lowest BCUT2D eigenvalue weighted by molar-refractivity contribution is -0.123. The molecule has 6 nitrogen and oxygen atoms in total. The molecule has 0 bridgehead atoms. The monoisotopic (exact) mass is 524 g/mol. The van der Waals surface area contributed by atoms with E-state index in [0.29, 0.717) is 24.0 Å². The summed E-state index contributed by atoms with van der Waals surface area (Å²) in [5.74, 6) is -5.76. The van der Waals surface area contributed by atoms with Gasteiger partial charge in [-0.2, -0.15) is 0 Å². The van der Waals surface area contributed by atoms with Crippen molar-refractivity contribution in [2.24, 2.45) is 11.1 Å². The number of likely N-dealkylation sites (N-methyl/N-ethyl adjacent to an activating group) is 1. The van der Waals surface area contributed by atoms with Crippen LogP contribution in [0.5, 0.6) is 0 Å². The number of alkyl halides is 2. The minimum Gasteiger partial charge on any atom is -0.366 e. The van der Waals surface area contributed by atoms with Gasteiger partial charge < -0.3 is 16.0 Å². The number of nitrogens with zero attached hydrogens (tertiary/aromatic N) is 2. The number of carbonyl (C=O) groups excluding carboxylic acids is 2. The SMILES string of the molecule is Cc1ccc([C@H](CC(=O)NC[C@H](Cc2ccc(C(N)=O)c(F)c2Cl)N(C)C)C2(C(C)(F)F)CC2)cn1. The Labute approximate surface area is 214 Å². The summed E-state index contributed by atoms with van der Waals surface area (Å²) in [6.45, 7) is 2.92. The second-order valence-corrected chi connectivity index (χ2v) is 10.3. The van der Waals surface area contributed by atoms with Gasteiger partial charge in [-0.15, -0.1) is 0 Å². The number of halogens is 4. The first kappa shape index (κ1) is 27.9. The fourth-order valence-corrected chi connectivity index (χ4v) is 4.91. The Morgan fingerprint density at radius 3 is 2.42 bits per heavy atom. The highest BCUT2D eigenvalue weighted by molar-refractivity contribution is 6.32. The van der Waals surface area contributed by atoms with Crippen molar-refractivity contribution in [3.63, 3.8) is 0 Å². The Bertz CT molecular complexity index is 1120. The van der Waals surface area contributed by atoms with Crippen molar-refractivity contribution in [2.75, 3.05) is 20.6 Å². The first-order valence-corrected chi connectivity index (χ1v) is 12.1. The number of nitrogens with one attached hydrogen (secondary N) is 1. The van der Waals surface area contributed by atoms with Crippen LogP contribution in [0.2, 0.25) is 5.02 Å². The molecule has 0 saturated heterocycles. The Morgan fingerprint density at radius 1 is 1.25 bits per heavy atom. The molecule has 3 N–H and O–H groups in total. The summed E-state index contributed by atoms with van der Waals surface area (Å²) in [4.78, 5) is 30.4. The number of aromatic nitrogens is 1. The van der Waals surface area contributed by atoms with Gasteiger partial charge in [0, 0.05) is 42.2 Å². The van der Waals surface area contributed by atoms with E-state index in [4.69, 9.17) is 17.3 Å². The molecule has 0 aliphatic heterocycles. The Morgan fingerprint density at radius 2 is 1.92 bits per heavy atom. The molecule has 36 heavy (non-hydrogen) atoms. The minimum absolute atomic E-state index is 0.100. The van der Waals surface area contributed by atoms with Gasteiger partial charge >= 0.3 is 0 Å². The zero-order chi connectivity index (χ0) is 26.8. The zero-order valence-corrected chi connectivity index (χ0v) is 21.6. The average Bonchev–Trinajstić information content (AvgIpc) is 3.60. The number of primary amides is 1. The number of rotatable bonds is 11. The number of hydrogen-bond donors (Lipinski definition) is 2. The third-order valence-corrected chi connectivity index (χ3v) is 7.61. The number of carbonyl (C=O) groups is 2. The lowest BCUT2D eigenvalue weighted by Gasteiger charge is -2.32. The maximum atomic E-state index is 14.6. The first-order valence-electron chi connectivity index (χ1n) is 11.8. The van der Waals surface area contributed by atoms with E-state index in [0.717, 1.165) is 12.6 Å². The van der Waals surface area contributed by atoms with E-state index in [1.165, 1.54) is 12.1 Å². The standard InChI is InChI=1S/C26H32ClF3N4O2/c1-15-5-6-17(13-32-15)20(26(9-10-26)25(2,29)30)12-21(35)33-14-18(34(3)4)11-16-7-8-19(24(31)36)23(28)22(16)27/h5-8,13,18,20H,9-12,14H2,1-4H3,(H2,31,36)(H,33,35)/t18-,20-/m0/s1. The summed E-state index contributed by atoms with van der Waals surface area (Å²) in [5.41, 5.74) is 5.45. The van der Waals surface area contributed by atoms with Crippen LogP contribution in [0.1, 0.15) is 59.3 Å². The number of hydrogen-bond acceptors (Lipinski definition) is 4. The molecular formula is C26H32ClF3N4O2. The van der Waals surface area contributed by atoms with Crippen LogP contribution in [-0.4, -0.2) is 54.3 Å². The average molecular weight is 525 g/mol. The van der Waals surface area contributed by atoms with Gasteiger partial charge in [0.25, 0.3) is 11.8 Å². The van der Waals surface area contributed by atoms with Gasteiger partial charge in [-0.3, -0.25) is 14.6 Å². The molecule has 2 amide bonds. The Balaban J connectivity index is 1.73. The zero-order valence-electron chi connectivity index (χ0n) is 20.9. The van der Waals surface area contributed by atoms with E-state index in [-0.39, 0.29) is 41.9 Å². The molecule has 10 heteroatoms. The summed E-state index contributed by atoms with van der Waals surface area (Å²) in [7, 11) is 3.60. The van der Waals surface area contributed by atoms with Crippen LogP contribution < -0.4 is 11.1 Å². The Kier molecular flexibility index (Phi) is 8.35. The molecule has 2 atom stereocenters. The summed E-state index contributed by atoms with van der Waals surface area (Å²) in [6.07, 6.45) is 2.44. The van der Waals surface area contributed by atoms with Gasteiger partial charge in [0.1, 0.15) is 0 Å². The highest BCUT2D eigenvalue weighted by atomic mass is 35.5. The molecule has 1 saturated carbocycles. The van der Waals surface area contributed by atoms with Gasteiger partial charge in [-0.05, 0) is 70.5 Å². The normalized spacial score (nSPS) is 16.5. The second-order valence-electron chi connectivity index (χ2n) is 9.92. The third-order valence-electron chi connectivity index (χ3n) is 7.20. The molecule has 1 heterocycles. The molecule has 2 aromatic rings. The van der Waals surface area contributed by atoms with E-state index in [1.54, 1.807) is 32.4 Å². The van der Waals surface area contributed by atoms with Gasteiger partial charge in [0.05, 0.1) is 10.6 Å². The first-order chi connectivity index (χ1) is 16.8. The lowest BCUT2D eigenvalue weighted by atomic mass is 9.77. The molecule has 0 spiro atoms. The highest BCUT2D eigenvalue weighted by Gasteiger charge is 2.63. The maximum Gasteiger partial charge on any atom is 0.251 e. The van der Waals surface area contributed by atoms with E-state index >= 15 is 0 Å². The largest absolute Gasteiger partial charge is 0.366 e. The minimum atomic E-state index is -2.94. The Hall–Kier alpha value is -2.65. The molecule has 1 aromatic heterocycles. The van der Waals surface area contributed by atoms with E-state index in [9.17, 15) is 22.8 Å². The predicted octanol–water partition coefficient (Wildman–Crippen LogP) is 4.48. The topological polar surface area (TPSA) is 88.3 Å². The molecule has 1 aliphatic rings. The van der Waals surface area contributed by atoms with E-state index in [2.05, 4.69) is 10.3 Å². The number of pyridine rings is 1. The quantitative estimate of drug-likeness (QED) is 0.453. The smallest absolute Gasteiger partial charge is 0.251 e. The molecule has 0 unspecified atom stereocenters. The van der Waals surface area contributed by atoms with E-state index in [1.807, 2.05) is 11.8 Å². The van der Waals surface area contributed by atoms with Gasteiger partial charge in [0.15, 0.2) is 5.82 Å². The maximum absolute atomic E-state index is 14.6. The van der Waals surface area contributed by atoms with Crippen LogP contribution in [0.25, 0.3) is 0 Å². The molecular weight excluding hydrogens is 493 g/mol. The van der Waals surface area contributed by atoms with Crippen molar-refractivity contribution in [2.45, 2.75) is 57.4 Å². The third kappa shape index (κ3) is 6.00. The van der Waals surface area contributed by atoms with Crippen LogP contribution in [0.4, 0.5) is 13.2 Å². The van der Waals surface area contributed by atoms with Gasteiger partial charge in [0.2, 0.25) is 5.91 Å². The second kappa shape index (κ2) is 10.8. The number of amides is 2. The van der Waals surface area contributed by atoms with Crippen molar-refractivity contribution in [3.8, 4) is 0 Å². The fraction of sp³-hybridized carbons (Fsp3) is 0.500. The summed E-state index contributed by atoms with van der Waals surface area (Å²) >= 11 is 6.14. The molecule has 1 aliphatic carbocycles. The van der Waals surface area contributed by atoms with Crippen LogP contribution in [0.3, 0.4) is 0 Å². The predicted molar refractivity (Wildman–Crippen MR) is 133 cm³/mol. The number of aryl methyl sites for hydroxylation is 1. The van der Waals surface area contributed by atoms with Crippen molar-refractivity contribution in [3.05, 3.63) is 63.7 Å². The van der Waals surface area contributed by atoms with Crippen LogP contribution >= 0.6 is 11.6 Å². The molecule has 196 valence electrons. The highest BCUT2D eigenvalue weighted by Crippen LogP contribution is 2.65. The van der Waals surface area contributed by atoms with Crippen molar-refractivity contribution in [1.29, 1.82) is 0 Å². The molecule has 0 radical (unpaired) electrons. The summed E-state index contributed by atoms with van der Waals surface area (Å²) < 4.78 is 43.7. The number of nitrogens with two attached hydrogens (primary N) is 1. The number of benzene rings is 1. The van der Waals surface area contributed by atoms with Gasteiger partial charge in [-0.1, -0.05) is 23.7 Å². The summed E-state index contributed by atoms with van der Waals surface area (Å²) in [6, 6.07) is 6.07. The van der Waals surface area contributed by atoms with Crippen LogP contribution in [0.15, 0.2) is 30.5 Å². The summed E-state index contributed by atoms with van der Waals surface area (Å²) in [5, 5.41) is 2.66. The van der Waals surface area contributed by atoms with Gasteiger partial charge in [-0.25, -0.2) is 13.2 Å². The lowest BCUT2D eigenvalue weighted by Crippen LogP contribution is -2.43.